The van der Waals surface area contributed by atoms with Crippen molar-refractivity contribution in [2.75, 3.05) is 19.7 Å². The number of benzene rings is 1. The highest BCUT2D eigenvalue weighted by atomic mass is 16.5. The van der Waals surface area contributed by atoms with Crippen LogP contribution in [-0.2, 0) is 9.53 Å². The maximum absolute atomic E-state index is 11.8. The lowest BCUT2D eigenvalue weighted by Gasteiger charge is -2.13. The lowest BCUT2D eigenvalue weighted by molar-refractivity contribution is -0.127. The van der Waals surface area contributed by atoms with Crippen LogP contribution in [0.25, 0.3) is 0 Å². The van der Waals surface area contributed by atoms with Gasteiger partial charge < -0.3 is 9.64 Å². The molecule has 0 radical (unpaired) electrons. The SMILES string of the molecule is CCN1CC(COC(=O)c2ccc(C#N)cc2)CC1=O. The summed E-state index contributed by atoms with van der Waals surface area (Å²) in [5, 5.41) is 8.68. The summed E-state index contributed by atoms with van der Waals surface area (Å²) in [6, 6.07) is 8.28. The molecule has 1 aromatic rings. The maximum Gasteiger partial charge on any atom is 0.338 e. The van der Waals surface area contributed by atoms with E-state index in [4.69, 9.17) is 10.00 Å². The fourth-order valence-corrected chi connectivity index (χ4v) is 2.23. The Morgan fingerprint density at radius 2 is 2.15 bits per heavy atom. The summed E-state index contributed by atoms with van der Waals surface area (Å²) < 4.78 is 5.23. The van der Waals surface area contributed by atoms with Crippen LogP contribution in [0.3, 0.4) is 0 Å². The highest BCUT2D eigenvalue weighted by molar-refractivity contribution is 5.89. The van der Waals surface area contributed by atoms with Crippen LogP contribution in [0.2, 0.25) is 0 Å². The number of carbonyl (C=O) groups excluding carboxylic acids is 2. The van der Waals surface area contributed by atoms with Gasteiger partial charge in [-0.05, 0) is 31.2 Å². The summed E-state index contributed by atoms with van der Waals surface area (Å²) in [6.45, 7) is 3.53. The molecule has 1 aliphatic heterocycles. The Balaban J connectivity index is 1.86. The van der Waals surface area contributed by atoms with Crippen LogP contribution in [0.4, 0.5) is 0 Å². The van der Waals surface area contributed by atoms with Crippen molar-refractivity contribution < 1.29 is 14.3 Å². The van der Waals surface area contributed by atoms with Crippen LogP contribution in [0.5, 0.6) is 0 Å². The maximum atomic E-state index is 11.8. The van der Waals surface area contributed by atoms with E-state index in [-0.39, 0.29) is 18.4 Å². The quantitative estimate of drug-likeness (QED) is 0.780. The molecule has 1 aromatic carbocycles. The zero-order valence-corrected chi connectivity index (χ0v) is 11.3. The van der Waals surface area contributed by atoms with Crippen molar-refractivity contribution in [3.63, 3.8) is 0 Å². The summed E-state index contributed by atoms with van der Waals surface area (Å²) in [4.78, 5) is 25.1. The number of likely N-dealkylation sites (tertiary alicyclic amines) is 1. The summed E-state index contributed by atoms with van der Waals surface area (Å²) >= 11 is 0. The fraction of sp³-hybridized carbons (Fsp3) is 0.400. The Morgan fingerprint density at radius 3 is 2.70 bits per heavy atom. The average Bonchev–Trinajstić information content (AvgIpc) is 2.85. The minimum Gasteiger partial charge on any atom is -0.462 e. The predicted octanol–water partition coefficient (Wildman–Crippen LogP) is 1.58. The summed E-state index contributed by atoms with van der Waals surface area (Å²) in [5.74, 6) is -0.228. The van der Waals surface area contributed by atoms with Gasteiger partial charge in [-0.15, -0.1) is 0 Å². The molecule has 20 heavy (non-hydrogen) atoms. The zero-order valence-electron chi connectivity index (χ0n) is 11.3. The minimum atomic E-state index is -0.420. The van der Waals surface area contributed by atoms with E-state index >= 15 is 0 Å². The number of rotatable bonds is 4. The second kappa shape index (κ2) is 6.20. The molecule has 0 aromatic heterocycles. The molecule has 5 heteroatoms. The number of hydrogen-bond acceptors (Lipinski definition) is 4. The van der Waals surface area contributed by atoms with Gasteiger partial charge in [-0.3, -0.25) is 4.79 Å². The first kappa shape index (κ1) is 14.1. The van der Waals surface area contributed by atoms with Crippen LogP contribution < -0.4 is 0 Å². The molecule has 1 aliphatic rings. The molecule has 0 bridgehead atoms. The number of amides is 1. The van der Waals surface area contributed by atoms with Gasteiger partial charge in [0.15, 0.2) is 0 Å². The van der Waals surface area contributed by atoms with E-state index in [1.165, 1.54) is 0 Å². The average molecular weight is 272 g/mol. The molecule has 1 atom stereocenters. The van der Waals surface area contributed by atoms with E-state index in [0.717, 1.165) is 0 Å². The van der Waals surface area contributed by atoms with Crippen LogP contribution in [0.15, 0.2) is 24.3 Å². The molecular formula is C15H16N2O3. The highest BCUT2D eigenvalue weighted by Gasteiger charge is 2.29. The van der Waals surface area contributed by atoms with Crippen molar-refractivity contribution in [2.24, 2.45) is 5.92 Å². The standard InChI is InChI=1S/C15H16N2O3/c1-2-17-9-12(7-14(17)18)10-20-15(19)13-5-3-11(8-16)4-6-13/h3-6,12H,2,7,9-10H2,1H3. The van der Waals surface area contributed by atoms with Crippen molar-refractivity contribution in [1.29, 1.82) is 5.26 Å². The minimum absolute atomic E-state index is 0.0739. The fourth-order valence-electron chi connectivity index (χ4n) is 2.23. The Kier molecular flexibility index (Phi) is 4.36. The topological polar surface area (TPSA) is 70.4 Å². The largest absolute Gasteiger partial charge is 0.462 e. The van der Waals surface area contributed by atoms with E-state index in [0.29, 0.717) is 30.6 Å². The molecule has 104 valence electrons. The number of carbonyl (C=O) groups is 2. The van der Waals surface area contributed by atoms with Crippen LogP contribution >= 0.6 is 0 Å². The van der Waals surface area contributed by atoms with Gasteiger partial charge >= 0.3 is 5.97 Å². The molecule has 1 amide bonds. The monoisotopic (exact) mass is 272 g/mol. The number of nitrogens with zero attached hydrogens (tertiary/aromatic N) is 2. The predicted molar refractivity (Wildman–Crippen MR) is 71.8 cm³/mol. The van der Waals surface area contributed by atoms with Crippen molar-refractivity contribution in [1.82, 2.24) is 4.90 Å². The van der Waals surface area contributed by atoms with E-state index in [1.54, 1.807) is 29.2 Å². The molecule has 5 nitrogen and oxygen atoms in total. The van der Waals surface area contributed by atoms with Gasteiger partial charge in [0.05, 0.1) is 23.8 Å². The molecular weight excluding hydrogens is 256 g/mol. The Bertz CT molecular complexity index is 545. The van der Waals surface area contributed by atoms with Crippen LogP contribution in [0, 0.1) is 17.2 Å². The molecule has 0 N–H and O–H groups in total. The molecule has 1 saturated heterocycles. The zero-order chi connectivity index (χ0) is 14.5. The van der Waals surface area contributed by atoms with E-state index in [1.807, 2.05) is 13.0 Å². The summed E-state index contributed by atoms with van der Waals surface area (Å²) in [6.07, 6.45) is 0.439. The second-order valence-corrected chi connectivity index (χ2v) is 4.79. The third-order valence-corrected chi connectivity index (χ3v) is 3.38. The van der Waals surface area contributed by atoms with E-state index in [2.05, 4.69) is 0 Å². The Labute approximate surface area is 117 Å². The first-order valence-electron chi connectivity index (χ1n) is 6.59. The van der Waals surface area contributed by atoms with Crippen LogP contribution in [-0.4, -0.2) is 36.5 Å². The van der Waals surface area contributed by atoms with Crippen molar-refractivity contribution >= 4 is 11.9 Å². The van der Waals surface area contributed by atoms with Gasteiger partial charge in [-0.2, -0.15) is 5.26 Å². The highest BCUT2D eigenvalue weighted by Crippen LogP contribution is 2.18. The van der Waals surface area contributed by atoms with Gasteiger partial charge in [0.1, 0.15) is 0 Å². The third kappa shape index (κ3) is 3.15. The van der Waals surface area contributed by atoms with Gasteiger partial charge in [0.2, 0.25) is 5.91 Å². The molecule has 0 aliphatic carbocycles. The first-order valence-corrected chi connectivity index (χ1v) is 6.59. The number of nitriles is 1. The van der Waals surface area contributed by atoms with Crippen molar-refractivity contribution in [3.8, 4) is 6.07 Å². The molecule has 1 heterocycles. The summed E-state index contributed by atoms with van der Waals surface area (Å²) in [5.41, 5.74) is 0.919. The molecule has 1 unspecified atom stereocenters. The van der Waals surface area contributed by atoms with Crippen molar-refractivity contribution in [2.45, 2.75) is 13.3 Å². The first-order chi connectivity index (χ1) is 9.63. The molecule has 1 fully saturated rings. The number of ether oxygens (including phenoxy) is 1. The number of hydrogen-bond donors (Lipinski definition) is 0. The molecule has 0 saturated carbocycles. The smallest absolute Gasteiger partial charge is 0.338 e. The normalized spacial score (nSPS) is 17.9. The Morgan fingerprint density at radius 1 is 1.45 bits per heavy atom. The lowest BCUT2D eigenvalue weighted by atomic mass is 10.1. The molecule has 2 rings (SSSR count). The Hall–Kier alpha value is -2.35. The second-order valence-electron chi connectivity index (χ2n) is 4.79. The lowest BCUT2D eigenvalue weighted by Crippen LogP contribution is -2.25. The van der Waals surface area contributed by atoms with Gasteiger partial charge in [0, 0.05) is 25.4 Å². The number of esters is 1. The van der Waals surface area contributed by atoms with Gasteiger partial charge in [-0.25, -0.2) is 4.79 Å². The third-order valence-electron chi connectivity index (χ3n) is 3.38. The summed E-state index contributed by atoms with van der Waals surface area (Å²) in [7, 11) is 0. The molecule has 0 spiro atoms. The van der Waals surface area contributed by atoms with Crippen LogP contribution in [0.1, 0.15) is 29.3 Å². The van der Waals surface area contributed by atoms with Crippen molar-refractivity contribution in [3.05, 3.63) is 35.4 Å². The van der Waals surface area contributed by atoms with Gasteiger partial charge in [-0.1, -0.05) is 0 Å². The van der Waals surface area contributed by atoms with E-state index < -0.39 is 5.97 Å². The van der Waals surface area contributed by atoms with E-state index in [9.17, 15) is 9.59 Å². The van der Waals surface area contributed by atoms with Gasteiger partial charge in [0.25, 0.3) is 0 Å².